The minimum Gasteiger partial charge on any atom is -0.295 e. The van der Waals surface area contributed by atoms with Crippen LogP contribution in [0, 0.1) is 19.3 Å². The quantitative estimate of drug-likeness (QED) is 0.762. The van der Waals surface area contributed by atoms with E-state index in [-0.39, 0.29) is 5.78 Å². The number of nitrogens with zero attached hydrogens (tertiary/aromatic N) is 1. The smallest absolute Gasteiger partial charge is 0.177 e. The number of hydrogen-bond donors (Lipinski definition) is 0. The third kappa shape index (κ3) is 2.99. The van der Waals surface area contributed by atoms with Gasteiger partial charge in [-0.2, -0.15) is 0 Å². The first-order valence-corrected chi connectivity index (χ1v) is 6.70. The standard InChI is InChI=1S/C16H23NO/c1-12-5-6-14(13(2)9-12)15(18)10-17-8-7-16(3,4)11-17/h5-6,9H,7-8,10-11H2,1-4H3. The molecule has 0 unspecified atom stereocenters. The van der Waals surface area contributed by atoms with Crippen LogP contribution >= 0.6 is 0 Å². The van der Waals surface area contributed by atoms with E-state index in [0.717, 1.165) is 24.2 Å². The van der Waals surface area contributed by atoms with Crippen molar-refractivity contribution in [1.29, 1.82) is 0 Å². The predicted molar refractivity (Wildman–Crippen MR) is 75.1 cm³/mol. The summed E-state index contributed by atoms with van der Waals surface area (Å²) >= 11 is 0. The van der Waals surface area contributed by atoms with Crippen LogP contribution in [0.25, 0.3) is 0 Å². The highest BCUT2D eigenvalue weighted by atomic mass is 16.1. The normalized spacial score (nSPS) is 19.1. The minimum atomic E-state index is 0.255. The third-order valence-electron chi connectivity index (χ3n) is 3.81. The molecule has 0 amide bonds. The zero-order chi connectivity index (χ0) is 13.3. The van der Waals surface area contributed by atoms with E-state index in [1.54, 1.807) is 0 Å². The van der Waals surface area contributed by atoms with Gasteiger partial charge in [-0.25, -0.2) is 0 Å². The number of carbonyl (C=O) groups excluding carboxylic acids is 1. The van der Waals surface area contributed by atoms with Crippen molar-refractivity contribution in [3.05, 3.63) is 34.9 Å². The Morgan fingerprint density at radius 1 is 1.33 bits per heavy atom. The zero-order valence-corrected chi connectivity index (χ0v) is 11.9. The van der Waals surface area contributed by atoms with Crippen molar-refractivity contribution in [1.82, 2.24) is 4.90 Å². The molecule has 1 aromatic rings. The maximum Gasteiger partial charge on any atom is 0.177 e. The number of ketones is 1. The molecule has 98 valence electrons. The van der Waals surface area contributed by atoms with E-state index in [1.807, 2.05) is 19.1 Å². The van der Waals surface area contributed by atoms with Gasteiger partial charge in [0, 0.05) is 12.1 Å². The maximum absolute atomic E-state index is 12.3. The molecule has 2 rings (SSSR count). The number of Topliss-reactive ketones (excluding diaryl/α,β-unsaturated/α-hetero) is 1. The summed E-state index contributed by atoms with van der Waals surface area (Å²) in [6.45, 7) is 11.3. The van der Waals surface area contributed by atoms with Gasteiger partial charge in [0.1, 0.15) is 0 Å². The average molecular weight is 245 g/mol. The lowest BCUT2D eigenvalue weighted by atomic mass is 9.93. The van der Waals surface area contributed by atoms with Gasteiger partial charge < -0.3 is 0 Å². The van der Waals surface area contributed by atoms with Crippen LogP contribution in [-0.4, -0.2) is 30.3 Å². The molecular weight excluding hydrogens is 222 g/mol. The second kappa shape index (κ2) is 4.85. The molecular formula is C16H23NO. The molecule has 0 bridgehead atoms. The van der Waals surface area contributed by atoms with E-state index in [4.69, 9.17) is 0 Å². The summed E-state index contributed by atoms with van der Waals surface area (Å²) in [5.41, 5.74) is 3.55. The Morgan fingerprint density at radius 3 is 2.61 bits per heavy atom. The van der Waals surface area contributed by atoms with Crippen molar-refractivity contribution in [2.24, 2.45) is 5.41 Å². The SMILES string of the molecule is Cc1ccc(C(=O)CN2CCC(C)(C)C2)c(C)c1. The number of likely N-dealkylation sites (tertiary alicyclic amines) is 1. The summed E-state index contributed by atoms with van der Waals surface area (Å²) in [7, 11) is 0. The summed E-state index contributed by atoms with van der Waals surface area (Å²) in [5, 5.41) is 0. The van der Waals surface area contributed by atoms with Crippen LogP contribution in [0.4, 0.5) is 0 Å². The monoisotopic (exact) mass is 245 g/mol. The molecule has 0 N–H and O–H groups in total. The van der Waals surface area contributed by atoms with E-state index in [2.05, 4.69) is 31.7 Å². The van der Waals surface area contributed by atoms with Crippen LogP contribution in [0.2, 0.25) is 0 Å². The first-order valence-electron chi connectivity index (χ1n) is 6.70. The second-order valence-corrected chi connectivity index (χ2v) is 6.37. The Bertz CT molecular complexity index is 462. The van der Waals surface area contributed by atoms with Crippen LogP contribution in [-0.2, 0) is 0 Å². The zero-order valence-electron chi connectivity index (χ0n) is 11.9. The van der Waals surface area contributed by atoms with E-state index in [9.17, 15) is 4.79 Å². The fourth-order valence-electron chi connectivity index (χ4n) is 2.77. The molecule has 1 fully saturated rings. The molecule has 0 spiro atoms. The molecule has 2 heteroatoms. The Morgan fingerprint density at radius 2 is 2.06 bits per heavy atom. The Hall–Kier alpha value is -1.15. The average Bonchev–Trinajstić information content (AvgIpc) is 2.57. The van der Waals surface area contributed by atoms with Crippen LogP contribution in [0.3, 0.4) is 0 Å². The fraction of sp³-hybridized carbons (Fsp3) is 0.562. The van der Waals surface area contributed by atoms with E-state index >= 15 is 0 Å². The molecule has 0 aromatic heterocycles. The van der Waals surface area contributed by atoms with Crippen molar-refractivity contribution >= 4 is 5.78 Å². The van der Waals surface area contributed by atoms with Crippen molar-refractivity contribution in [2.75, 3.05) is 19.6 Å². The number of rotatable bonds is 3. The summed E-state index contributed by atoms with van der Waals surface area (Å²) in [5.74, 6) is 0.255. The molecule has 1 saturated heterocycles. The highest BCUT2D eigenvalue weighted by molar-refractivity contribution is 5.99. The van der Waals surface area contributed by atoms with Gasteiger partial charge in [-0.3, -0.25) is 9.69 Å². The maximum atomic E-state index is 12.3. The number of hydrogen-bond acceptors (Lipinski definition) is 2. The molecule has 1 aromatic carbocycles. The Kier molecular flexibility index (Phi) is 3.58. The van der Waals surface area contributed by atoms with Crippen molar-refractivity contribution in [3.63, 3.8) is 0 Å². The molecule has 0 radical (unpaired) electrons. The van der Waals surface area contributed by atoms with Crippen molar-refractivity contribution < 1.29 is 4.79 Å². The highest BCUT2D eigenvalue weighted by Gasteiger charge is 2.30. The van der Waals surface area contributed by atoms with Gasteiger partial charge in [-0.15, -0.1) is 0 Å². The van der Waals surface area contributed by atoms with Gasteiger partial charge in [0.25, 0.3) is 0 Å². The van der Waals surface area contributed by atoms with E-state index < -0.39 is 0 Å². The molecule has 0 atom stereocenters. The molecule has 0 aliphatic carbocycles. The highest BCUT2D eigenvalue weighted by Crippen LogP contribution is 2.28. The van der Waals surface area contributed by atoms with Gasteiger partial charge in [-0.05, 0) is 37.8 Å². The first kappa shape index (κ1) is 13.3. The fourth-order valence-corrected chi connectivity index (χ4v) is 2.77. The topological polar surface area (TPSA) is 20.3 Å². The minimum absolute atomic E-state index is 0.255. The summed E-state index contributed by atoms with van der Waals surface area (Å²) in [4.78, 5) is 14.6. The van der Waals surface area contributed by atoms with E-state index in [0.29, 0.717) is 12.0 Å². The number of carbonyl (C=O) groups is 1. The number of benzene rings is 1. The van der Waals surface area contributed by atoms with Crippen LogP contribution < -0.4 is 0 Å². The lowest BCUT2D eigenvalue weighted by Gasteiger charge is -2.19. The molecule has 2 nitrogen and oxygen atoms in total. The largest absolute Gasteiger partial charge is 0.295 e. The third-order valence-corrected chi connectivity index (χ3v) is 3.81. The summed E-state index contributed by atoms with van der Waals surface area (Å²) < 4.78 is 0. The second-order valence-electron chi connectivity index (χ2n) is 6.37. The van der Waals surface area contributed by atoms with Gasteiger partial charge in [0.15, 0.2) is 5.78 Å². The van der Waals surface area contributed by atoms with Crippen molar-refractivity contribution in [2.45, 2.75) is 34.1 Å². The van der Waals surface area contributed by atoms with Gasteiger partial charge in [0.05, 0.1) is 6.54 Å². The predicted octanol–water partition coefficient (Wildman–Crippen LogP) is 3.22. The van der Waals surface area contributed by atoms with Crippen LogP contribution in [0.5, 0.6) is 0 Å². The van der Waals surface area contributed by atoms with Crippen LogP contribution in [0.1, 0.15) is 41.8 Å². The summed E-state index contributed by atoms with van der Waals surface area (Å²) in [6, 6.07) is 6.07. The van der Waals surface area contributed by atoms with Crippen molar-refractivity contribution in [3.8, 4) is 0 Å². The Labute approximate surface area is 110 Å². The van der Waals surface area contributed by atoms with Gasteiger partial charge in [0.2, 0.25) is 0 Å². The molecule has 1 heterocycles. The van der Waals surface area contributed by atoms with Crippen LogP contribution in [0.15, 0.2) is 18.2 Å². The lowest BCUT2D eigenvalue weighted by molar-refractivity contribution is 0.0939. The molecule has 18 heavy (non-hydrogen) atoms. The van der Waals surface area contributed by atoms with E-state index in [1.165, 1.54) is 12.0 Å². The number of aryl methyl sites for hydroxylation is 2. The van der Waals surface area contributed by atoms with Gasteiger partial charge in [-0.1, -0.05) is 37.6 Å². The molecule has 1 aliphatic rings. The van der Waals surface area contributed by atoms with Gasteiger partial charge >= 0.3 is 0 Å². The first-order chi connectivity index (χ1) is 8.37. The molecule has 0 saturated carbocycles. The Balaban J connectivity index is 2.04. The summed E-state index contributed by atoms with van der Waals surface area (Å²) in [6.07, 6.45) is 1.19. The lowest BCUT2D eigenvalue weighted by Crippen LogP contribution is -2.29. The molecule has 1 aliphatic heterocycles.